The standard InChI is InChI=1S/C37H71NO3Si/c1-29(14-13-25-38(24-10-11-26-39)23-9-7-8-12-27-42(5,6)40)33-17-18-34-32-16-15-30-28-31(41-4)19-21-36(30,2)35(32)20-22-37(33,34)3/h29-35,39-40H,7-28H2,1-6H3/t29-,30?,31-,32?,33?,34?,35?,36+,37-/m1/s1. The van der Waals surface area contributed by atoms with Crippen LogP contribution in [0.15, 0.2) is 0 Å². The van der Waals surface area contributed by atoms with Crippen molar-refractivity contribution in [3.8, 4) is 0 Å². The predicted octanol–water partition coefficient (Wildman–Crippen LogP) is 8.91. The largest absolute Gasteiger partial charge is 0.432 e. The highest BCUT2D eigenvalue weighted by Gasteiger charge is 2.60. The Hall–Kier alpha value is 0.0569. The van der Waals surface area contributed by atoms with Gasteiger partial charge in [-0.15, -0.1) is 0 Å². The average molecular weight is 606 g/mol. The van der Waals surface area contributed by atoms with Gasteiger partial charge in [0.25, 0.3) is 0 Å². The first-order valence-corrected chi connectivity index (χ1v) is 21.8. The zero-order valence-electron chi connectivity index (χ0n) is 28.8. The molecule has 4 saturated carbocycles. The van der Waals surface area contributed by atoms with Crippen LogP contribution >= 0.6 is 0 Å². The molecule has 9 atom stereocenters. The lowest BCUT2D eigenvalue weighted by molar-refractivity contribution is -0.133. The summed E-state index contributed by atoms with van der Waals surface area (Å²) < 4.78 is 5.84. The van der Waals surface area contributed by atoms with Crippen LogP contribution in [0, 0.1) is 46.3 Å². The summed E-state index contributed by atoms with van der Waals surface area (Å²) in [5.41, 5.74) is 1.14. The molecule has 4 fully saturated rings. The van der Waals surface area contributed by atoms with Crippen molar-refractivity contribution >= 4 is 8.32 Å². The Morgan fingerprint density at radius 1 is 0.810 bits per heavy atom. The van der Waals surface area contributed by atoms with Crippen molar-refractivity contribution in [1.29, 1.82) is 0 Å². The van der Waals surface area contributed by atoms with E-state index in [0.29, 0.717) is 23.5 Å². The average Bonchev–Trinajstić information content (AvgIpc) is 3.31. The highest BCUT2D eigenvalue weighted by Crippen LogP contribution is 2.68. The monoisotopic (exact) mass is 606 g/mol. The van der Waals surface area contributed by atoms with Crippen molar-refractivity contribution in [1.82, 2.24) is 4.90 Å². The van der Waals surface area contributed by atoms with Gasteiger partial charge >= 0.3 is 0 Å². The molecule has 4 aliphatic rings. The van der Waals surface area contributed by atoms with Crippen LogP contribution in [0.4, 0.5) is 0 Å². The van der Waals surface area contributed by atoms with Crippen LogP contribution in [0.5, 0.6) is 0 Å². The summed E-state index contributed by atoms with van der Waals surface area (Å²) in [6, 6.07) is 1.04. The lowest BCUT2D eigenvalue weighted by Gasteiger charge is -2.61. The first-order valence-electron chi connectivity index (χ1n) is 18.6. The minimum absolute atomic E-state index is 0.322. The quantitative estimate of drug-likeness (QED) is 0.128. The molecule has 0 aliphatic heterocycles. The fraction of sp³-hybridized carbons (Fsp3) is 1.00. The molecule has 0 saturated heterocycles. The molecule has 5 heteroatoms. The minimum Gasteiger partial charge on any atom is -0.432 e. The molecule has 246 valence electrons. The normalized spacial score (nSPS) is 37.4. The smallest absolute Gasteiger partial charge is 0.182 e. The van der Waals surface area contributed by atoms with Gasteiger partial charge in [-0.25, -0.2) is 0 Å². The van der Waals surface area contributed by atoms with Crippen molar-refractivity contribution in [2.24, 2.45) is 46.3 Å². The third kappa shape index (κ3) is 8.45. The van der Waals surface area contributed by atoms with Crippen LogP contribution in [0.3, 0.4) is 0 Å². The SMILES string of the molecule is CO[C@@H]1CC[C@@]2(C)C(CCC3C2CC[C@@]2(C)C3CCC2[C@H](C)CCCN(CCCCO)CCCCCC[Si](C)(C)O)C1. The number of unbranched alkanes of at least 4 members (excludes halogenated alkanes) is 4. The van der Waals surface area contributed by atoms with E-state index in [1.807, 2.05) is 7.11 Å². The van der Waals surface area contributed by atoms with Gasteiger partial charge < -0.3 is 19.5 Å². The van der Waals surface area contributed by atoms with Crippen LogP contribution in [-0.4, -0.2) is 62.6 Å². The maximum Gasteiger partial charge on any atom is 0.182 e. The summed E-state index contributed by atoms with van der Waals surface area (Å²) in [6.45, 7) is 16.1. The lowest BCUT2D eigenvalue weighted by atomic mass is 9.44. The Bertz CT molecular complexity index is 802. The summed E-state index contributed by atoms with van der Waals surface area (Å²) in [5.74, 6) is 5.56. The molecule has 0 radical (unpaired) electrons. The van der Waals surface area contributed by atoms with Crippen molar-refractivity contribution in [3.63, 3.8) is 0 Å². The summed E-state index contributed by atoms with van der Waals surface area (Å²) in [7, 11) is 0.0557. The van der Waals surface area contributed by atoms with Crippen molar-refractivity contribution in [2.75, 3.05) is 33.4 Å². The van der Waals surface area contributed by atoms with Gasteiger partial charge in [-0.3, -0.25) is 0 Å². The first-order chi connectivity index (χ1) is 20.0. The van der Waals surface area contributed by atoms with E-state index in [1.54, 1.807) is 0 Å². The summed E-state index contributed by atoms with van der Waals surface area (Å²) in [6.07, 6.45) is 23.2. The van der Waals surface area contributed by atoms with E-state index in [2.05, 4.69) is 38.8 Å². The number of hydrogen-bond donors (Lipinski definition) is 2. The number of ether oxygens (including phenoxy) is 1. The number of nitrogens with zero attached hydrogens (tertiary/aromatic N) is 1. The van der Waals surface area contributed by atoms with Gasteiger partial charge in [0.2, 0.25) is 0 Å². The molecule has 5 unspecified atom stereocenters. The summed E-state index contributed by atoms with van der Waals surface area (Å²) >= 11 is 0. The van der Waals surface area contributed by atoms with Crippen LogP contribution in [0.2, 0.25) is 19.1 Å². The Labute approximate surface area is 262 Å². The predicted molar refractivity (Wildman–Crippen MR) is 180 cm³/mol. The van der Waals surface area contributed by atoms with E-state index in [9.17, 15) is 9.90 Å². The highest BCUT2D eigenvalue weighted by atomic mass is 28.4. The third-order valence-corrected chi connectivity index (χ3v) is 15.3. The molecule has 0 spiro atoms. The van der Waals surface area contributed by atoms with E-state index in [-0.39, 0.29) is 0 Å². The molecule has 0 bridgehead atoms. The van der Waals surface area contributed by atoms with Crippen LogP contribution < -0.4 is 0 Å². The van der Waals surface area contributed by atoms with Crippen molar-refractivity contribution in [2.45, 2.75) is 155 Å². The molecule has 42 heavy (non-hydrogen) atoms. The van der Waals surface area contributed by atoms with Gasteiger partial charge in [-0.2, -0.15) is 0 Å². The van der Waals surface area contributed by atoms with Gasteiger partial charge in [-0.1, -0.05) is 40.0 Å². The Morgan fingerprint density at radius 2 is 1.48 bits per heavy atom. The molecule has 0 aromatic carbocycles. The molecule has 0 aromatic rings. The number of methoxy groups -OCH3 is 1. The molecule has 0 amide bonds. The van der Waals surface area contributed by atoms with Crippen LogP contribution in [0.25, 0.3) is 0 Å². The molecule has 0 heterocycles. The minimum atomic E-state index is -1.88. The van der Waals surface area contributed by atoms with Crippen molar-refractivity contribution in [3.05, 3.63) is 0 Å². The number of rotatable bonds is 17. The third-order valence-electron chi connectivity index (χ3n) is 13.7. The summed E-state index contributed by atoms with van der Waals surface area (Å²) in [5, 5.41) is 9.33. The van der Waals surface area contributed by atoms with E-state index < -0.39 is 8.32 Å². The molecular formula is C37H71NO3Si. The second kappa shape index (κ2) is 15.6. The van der Waals surface area contributed by atoms with Gasteiger partial charge in [0.05, 0.1) is 6.10 Å². The Kier molecular flexibility index (Phi) is 12.9. The molecule has 4 nitrogen and oxygen atoms in total. The maximum atomic E-state index is 10.1. The lowest BCUT2D eigenvalue weighted by Crippen LogP contribution is -2.54. The Balaban J connectivity index is 1.25. The molecule has 4 aliphatic carbocycles. The van der Waals surface area contributed by atoms with Gasteiger partial charge in [-0.05, 0) is 175 Å². The molecule has 4 rings (SSSR count). The van der Waals surface area contributed by atoms with Gasteiger partial charge in [0, 0.05) is 13.7 Å². The number of aliphatic hydroxyl groups excluding tert-OH is 1. The van der Waals surface area contributed by atoms with Gasteiger partial charge in [0.1, 0.15) is 0 Å². The number of fused-ring (bicyclic) bond motifs is 5. The fourth-order valence-corrected chi connectivity index (χ4v) is 12.4. The topological polar surface area (TPSA) is 52.9 Å². The van der Waals surface area contributed by atoms with E-state index >= 15 is 0 Å². The number of hydrogen-bond acceptors (Lipinski definition) is 4. The van der Waals surface area contributed by atoms with Crippen LogP contribution in [0.1, 0.15) is 130 Å². The van der Waals surface area contributed by atoms with E-state index in [1.165, 1.54) is 109 Å². The second-order valence-corrected chi connectivity index (χ2v) is 21.0. The zero-order valence-corrected chi connectivity index (χ0v) is 29.8. The fourth-order valence-electron chi connectivity index (χ4n) is 11.3. The molecule has 0 aromatic heterocycles. The molecule has 2 N–H and O–H groups in total. The van der Waals surface area contributed by atoms with E-state index in [4.69, 9.17) is 4.74 Å². The van der Waals surface area contributed by atoms with E-state index in [0.717, 1.165) is 60.9 Å². The first kappa shape index (κ1) is 34.9. The second-order valence-electron chi connectivity index (χ2n) is 16.9. The zero-order chi connectivity index (χ0) is 30.4. The van der Waals surface area contributed by atoms with Gasteiger partial charge in [0.15, 0.2) is 8.32 Å². The molecular weight excluding hydrogens is 534 g/mol. The number of aliphatic hydroxyl groups is 1. The van der Waals surface area contributed by atoms with Crippen LogP contribution in [-0.2, 0) is 4.74 Å². The highest BCUT2D eigenvalue weighted by molar-refractivity contribution is 6.69. The Morgan fingerprint density at radius 3 is 2.19 bits per heavy atom. The van der Waals surface area contributed by atoms with Crippen molar-refractivity contribution < 1.29 is 14.6 Å². The maximum absolute atomic E-state index is 10.1. The summed E-state index contributed by atoms with van der Waals surface area (Å²) in [4.78, 5) is 12.8.